The first-order chi connectivity index (χ1) is 9.72. The summed E-state index contributed by atoms with van der Waals surface area (Å²) in [5, 5.41) is 13.5. The number of benzene rings is 2. The molecule has 0 spiro atoms. The van der Waals surface area contributed by atoms with E-state index in [-0.39, 0.29) is 12.1 Å². The molecule has 3 heteroatoms. The second-order valence-corrected chi connectivity index (χ2v) is 6.07. The van der Waals surface area contributed by atoms with E-state index in [1.54, 1.807) is 0 Å². The van der Waals surface area contributed by atoms with E-state index >= 15 is 0 Å². The van der Waals surface area contributed by atoms with Gasteiger partial charge >= 0.3 is 0 Å². The molecule has 2 N–H and O–H groups in total. The summed E-state index contributed by atoms with van der Waals surface area (Å²) >= 11 is 2.35. The molecule has 0 fully saturated rings. The lowest BCUT2D eigenvalue weighted by molar-refractivity contribution is 0.153. The lowest BCUT2D eigenvalue weighted by Crippen LogP contribution is -2.44. The normalized spacial score (nSPS) is 13.9. The Bertz CT molecular complexity index is 538. The van der Waals surface area contributed by atoms with Crippen molar-refractivity contribution in [2.45, 2.75) is 25.4 Å². The molecule has 2 aromatic rings. The lowest BCUT2D eigenvalue weighted by atomic mass is 9.87. The molecule has 0 saturated heterocycles. The Kier molecular flexibility index (Phi) is 5.57. The number of aliphatic hydroxyl groups excluding tert-OH is 1. The van der Waals surface area contributed by atoms with Crippen LogP contribution in [0.4, 0.5) is 0 Å². The van der Waals surface area contributed by atoms with Gasteiger partial charge in [-0.2, -0.15) is 0 Å². The van der Waals surface area contributed by atoms with Crippen molar-refractivity contribution in [2.24, 2.45) is 0 Å². The molecule has 1 unspecified atom stereocenters. The number of aliphatic hydroxyl groups is 1. The van der Waals surface area contributed by atoms with Gasteiger partial charge in [0, 0.05) is 10.1 Å². The van der Waals surface area contributed by atoms with E-state index in [0.717, 1.165) is 18.5 Å². The number of rotatable bonds is 6. The Hall–Kier alpha value is -0.910. The molecule has 2 rings (SSSR count). The minimum Gasteiger partial charge on any atom is -0.394 e. The fourth-order valence-corrected chi connectivity index (χ4v) is 2.93. The fraction of sp³-hybridized carbons (Fsp3) is 0.294. The van der Waals surface area contributed by atoms with Gasteiger partial charge in [-0.15, -0.1) is 0 Å². The minimum absolute atomic E-state index is 0.0942. The number of hydrogen-bond donors (Lipinski definition) is 2. The second-order valence-electron chi connectivity index (χ2n) is 4.90. The van der Waals surface area contributed by atoms with Crippen molar-refractivity contribution in [3.8, 4) is 0 Å². The van der Waals surface area contributed by atoms with Crippen LogP contribution in [0.25, 0.3) is 0 Å². The van der Waals surface area contributed by atoms with Crippen LogP contribution in [0, 0.1) is 3.57 Å². The zero-order valence-corrected chi connectivity index (χ0v) is 13.8. The average molecular weight is 381 g/mol. The van der Waals surface area contributed by atoms with Gasteiger partial charge in [0.15, 0.2) is 0 Å². The average Bonchev–Trinajstić information content (AvgIpc) is 2.51. The van der Waals surface area contributed by atoms with E-state index in [1.807, 2.05) is 30.3 Å². The van der Waals surface area contributed by atoms with Crippen molar-refractivity contribution in [3.05, 3.63) is 69.3 Å². The third-order valence-corrected chi connectivity index (χ3v) is 4.83. The molecule has 2 nitrogen and oxygen atoms in total. The third-order valence-electron chi connectivity index (χ3n) is 3.77. The fourth-order valence-electron chi connectivity index (χ4n) is 2.35. The summed E-state index contributed by atoms with van der Waals surface area (Å²) in [6.45, 7) is 2.95. The van der Waals surface area contributed by atoms with Crippen molar-refractivity contribution < 1.29 is 5.11 Å². The Balaban J connectivity index is 2.20. The largest absolute Gasteiger partial charge is 0.394 e. The molecule has 20 heavy (non-hydrogen) atoms. The lowest BCUT2D eigenvalue weighted by Gasteiger charge is -2.33. The van der Waals surface area contributed by atoms with Crippen LogP contribution in [0.15, 0.2) is 54.6 Å². The van der Waals surface area contributed by atoms with Gasteiger partial charge in [0.2, 0.25) is 0 Å². The summed E-state index contributed by atoms with van der Waals surface area (Å²) < 4.78 is 1.24. The van der Waals surface area contributed by atoms with Gasteiger partial charge < -0.3 is 10.4 Å². The first-order valence-electron chi connectivity index (χ1n) is 6.86. The van der Waals surface area contributed by atoms with E-state index in [0.29, 0.717) is 0 Å². The molecule has 0 aliphatic heterocycles. The zero-order chi connectivity index (χ0) is 14.4. The standard InChI is InChI=1S/C17H20INO/c1-2-17(13-20,15-9-4-3-5-10-15)19-12-14-8-6-7-11-16(14)18/h3-11,19-20H,2,12-13H2,1H3. The molecule has 0 aliphatic rings. The SMILES string of the molecule is CCC(CO)(NCc1ccccc1I)c1ccccc1. The highest BCUT2D eigenvalue weighted by Crippen LogP contribution is 2.25. The smallest absolute Gasteiger partial charge is 0.0669 e. The second kappa shape index (κ2) is 7.20. The van der Waals surface area contributed by atoms with Crippen LogP contribution in [0.1, 0.15) is 24.5 Å². The van der Waals surface area contributed by atoms with Gasteiger partial charge in [-0.05, 0) is 46.2 Å². The molecule has 0 bridgehead atoms. The van der Waals surface area contributed by atoms with Crippen molar-refractivity contribution in [3.63, 3.8) is 0 Å². The van der Waals surface area contributed by atoms with Crippen LogP contribution in [0.5, 0.6) is 0 Å². The van der Waals surface area contributed by atoms with Gasteiger partial charge in [0.25, 0.3) is 0 Å². The molecule has 0 amide bonds. The molecule has 0 heterocycles. The van der Waals surface area contributed by atoms with Gasteiger partial charge in [0.1, 0.15) is 0 Å². The summed E-state index contributed by atoms with van der Waals surface area (Å²) in [5.74, 6) is 0. The summed E-state index contributed by atoms with van der Waals surface area (Å²) in [5.41, 5.74) is 2.02. The molecule has 0 saturated carbocycles. The van der Waals surface area contributed by atoms with E-state index in [1.165, 1.54) is 9.13 Å². The zero-order valence-electron chi connectivity index (χ0n) is 11.6. The van der Waals surface area contributed by atoms with E-state index in [4.69, 9.17) is 0 Å². The van der Waals surface area contributed by atoms with Gasteiger partial charge in [-0.25, -0.2) is 0 Å². The Labute approximate surface area is 134 Å². The maximum Gasteiger partial charge on any atom is 0.0669 e. The molecule has 0 aliphatic carbocycles. The summed E-state index contributed by atoms with van der Waals surface area (Å²) in [6.07, 6.45) is 0.844. The van der Waals surface area contributed by atoms with E-state index in [9.17, 15) is 5.11 Å². The quantitative estimate of drug-likeness (QED) is 0.749. The van der Waals surface area contributed by atoms with Crippen LogP contribution in [0.3, 0.4) is 0 Å². The minimum atomic E-state index is -0.375. The molecule has 0 radical (unpaired) electrons. The molecule has 2 aromatic carbocycles. The number of hydrogen-bond acceptors (Lipinski definition) is 2. The van der Waals surface area contributed by atoms with Crippen LogP contribution < -0.4 is 5.32 Å². The Morgan fingerprint density at radius 1 is 1.05 bits per heavy atom. The predicted octanol–water partition coefficient (Wildman–Crippen LogP) is 3.68. The van der Waals surface area contributed by atoms with E-state index < -0.39 is 0 Å². The van der Waals surface area contributed by atoms with Crippen molar-refractivity contribution in [1.29, 1.82) is 0 Å². The summed E-state index contributed by atoms with van der Waals surface area (Å²) in [4.78, 5) is 0. The summed E-state index contributed by atoms with van der Waals surface area (Å²) in [6, 6.07) is 18.5. The Morgan fingerprint density at radius 3 is 2.30 bits per heavy atom. The van der Waals surface area contributed by atoms with Crippen molar-refractivity contribution in [1.82, 2.24) is 5.32 Å². The Morgan fingerprint density at radius 2 is 1.70 bits per heavy atom. The van der Waals surface area contributed by atoms with Crippen LogP contribution in [0.2, 0.25) is 0 Å². The third kappa shape index (κ3) is 3.40. The first-order valence-corrected chi connectivity index (χ1v) is 7.94. The van der Waals surface area contributed by atoms with Gasteiger partial charge in [0.05, 0.1) is 12.1 Å². The highest BCUT2D eigenvalue weighted by molar-refractivity contribution is 14.1. The molecule has 1 atom stereocenters. The first kappa shape index (κ1) is 15.5. The number of halogens is 1. The summed E-state index contributed by atoms with van der Waals surface area (Å²) in [7, 11) is 0. The maximum absolute atomic E-state index is 9.91. The van der Waals surface area contributed by atoms with Gasteiger partial charge in [-0.1, -0.05) is 55.5 Å². The molecular weight excluding hydrogens is 361 g/mol. The molecule has 106 valence electrons. The van der Waals surface area contributed by atoms with Crippen LogP contribution in [-0.2, 0) is 12.1 Å². The van der Waals surface area contributed by atoms with Crippen molar-refractivity contribution in [2.75, 3.05) is 6.61 Å². The number of nitrogens with one attached hydrogen (secondary N) is 1. The molecular formula is C17H20INO. The van der Waals surface area contributed by atoms with Crippen molar-refractivity contribution >= 4 is 22.6 Å². The molecule has 0 aromatic heterocycles. The highest BCUT2D eigenvalue weighted by atomic mass is 127. The maximum atomic E-state index is 9.91. The monoisotopic (exact) mass is 381 g/mol. The van der Waals surface area contributed by atoms with Crippen LogP contribution in [-0.4, -0.2) is 11.7 Å². The van der Waals surface area contributed by atoms with Gasteiger partial charge in [-0.3, -0.25) is 0 Å². The van der Waals surface area contributed by atoms with E-state index in [2.05, 4.69) is 59.1 Å². The highest BCUT2D eigenvalue weighted by Gasteiger charge is 2.28. The van der Waals surface area contributed by atoms with Crippen LogP contribution >= 0.6 is 22.6 Å². The predicted molar refractivity (Wildman–Crippen MR) is 91.5 cm³/mol. The topological polar surface area (TPSA) is 32.3 Å².